The van der Waals surface area contributed by atoms with Crippen LogP contribution in [0.4, 0.5) is 0 Å². The molecule has 4 amide bonds. The summed E-state index contributed by atoms with van der Waals surface area (Å²) in [6, 6.07) is 19.4. The van der Waals surface area contributed by atoms with E-state index in [0.29, 0.717) is 19.6 Å². The van der Waals surface area contributed by atoms with Crippen LogP contribution in [0, 0.1) is 27.7 Å². The minimum Gasteiger partial charge on any atom is -0.482 e. The van der Waals surface area contributed by atoms with Crippen molar-refractivity contribution in [3.63, 3.8) is 0 Å². The molecule has 14 nitrogen and oxygen atoms in total. The molecule has 0 saturated carbocycles. The molecule has 58 heavy (non-hydrogen) atoms. The van der Waals surface area contributed by atoms with Crippen molar-refractivity contribution in [2.45, 2.75) is 73.2 Å². The Morgan fingerprint density at radius 2 is 0.707 bits per heavy atom. The minimum atomic E-state index is -1.84. The van der Waals surface area contributed by atoms with Crippen molar-refractivity contribution in [3.8, 4) is 23.0 Å². The van der Waals surface area contributed by atoms with E-state index in [0.717, 1.165) is 22.3 Å². The Kier molecular flexibility index (Phi) is 15.0. The average molecular weight is 833 g/mol. The fraction of sp³-hybridized carbons (Fsp3) is 0.333. The molecule has 1 aliphatic heterocycles. The van der Waals surface area contributed by atoms with Crippen LogP contribution >= 0.6 is 0 Å². The summed E-state index contributed by atoms with van der Waals surface area (Å²) in [7, 11) is -3.68. The van der Waals surface area contributed by atoms with E-state index < -0.39 is 83.7 Å². The van der Waals surface area contributed by atoms with Crippen molar-refractivity contribution in [1.82, 2.24) is 21.3 Å². The van der Waals surface area contributed by atoms with E-state index in [-0.39, 0.29) is 36.1 Å². The van der Waals surface area contributed by atoms with Crippen LogP contribution < -0.4 is 40.2 Å². The molecule has 0 radical (unpaired) electrons. The summed E-state index contributed by atoms with van der Waals surface area (Å²) < 4.78 is 51.7. The number of nitrogens with one attached hydrogen (secondary N) is 4. The highest BCUT2D eigenvalue weighted by Gasteiger charge is 2.23. The number of ether oxygens (including phenoxy) is 4. The van der Waals surface area contributed by atoms with E-state index in [1.54, 1.807) is 86.6 Å². The summed E-state index contributed by atoms with van der Waals surface area (Å²) in [6.07, 6.45) is 0. The highest BCUT2D eigenvalue weighted by atomic mass is 32.2. The molecule has 4 N–H and O–H groups in total. The standard InChI is InChI=1S/C42H48N4O10S2/c1-25-7-11-31-35(15-25)57(51)36-16-26(2)8-12-32(36)54-22-40(48)44-20-30(6)46-42(50)24-56-34-14-10-28(4)18-38(34)58(52)37-17-27(3)9-13-33(37)55-23-41(49)45-29(5)19-43-39(47)21-53-31/h7-18,29-30H,19-24H2,1-6H3,(H,43,47)(H,44,48)(H,45,49)(H,46,50). The smallest absolute Gasteiger partial charge is 0.258 e. The molecule has 0 aromatic heterocycles. The summed E-state index contributed by atoms with van der Waals surface area (Å²) in [6.45, 7) is 9.32. The summed E-state index contributed by atoms with van der Waals surface area (Å²) in [4.78, 5) is 52.8. The lowest BCUT2D eigenvalue weighted by molar-refractivity contribution is -0.125. The van der Waals surface area contributed by atoms with Crippen LogP contribution in [0.1, 0.15) is 36.1 Å². The molecule has 0 bridgehead atoms. The lowest BCUT2D eigenvalue weighted by Crippen LogP contribution is -2.44. The molecule has 2 unspecified atom stereocenters. The van der Waals surface area contributed by atoms with Crippen molar-refractivity contribution in [3.05, 3.63) is 95.1 Å². The predicted octanol–water partition coefficient (Wildman–Crippen LogP) is 3.72. The van der Waals surface area contributed by atoms with Crippen LogP contribution in [-0.4, -0.2) is 83.6 Å². The van der Waals surface area contributed by atoms with E-state index in [9.17, 15) is 27.6 Å². The van der Waals surface area contributed by atoms with Crippen LogP contribution in [0.5, 0.6) is 23.0 Å². The van der Waals surface area contributed by atoms with Gasteiger partial charge in [-0.25, -0.2) is 8.42 Å². The van der Waals surface area contributed by atoms with Gasteiger partial charge in [0, 0.05) is 25.2 Å². The first-order valence-corrected chi connectivity index (χ1v) is 20.9. The molecule has 308 valence electrons. The maximum absolute atomic E-state index is 14.1. The number of amides is 4. The van der Waals surface area contributed by atoms with Crippen LogP contribution in [0.3, 0.4) is 0 Å². The van der Waals surface area contributed by atoms with Gasteiger partial charge in [-0.05, 0) is 112 Å². The molecule has 0 spiro atoms. The summed E-state index contributed by atoms with van der Waals surface area (Å²) in [5.74, 6) is -1.00. The molecule has 1 heterocycles. The van der Waals surface area contributed by atoms with Gasteiger partial charge in [-0.1, -0.05) is 24.3 Å². The third kappa shape index (κ3) is 12.1. The third-order valence-electron chi connectivity index (χ3n) is 8.66. The minimum absolute atomic E-state index is 0.0745. The molecule has 5 rings (SSSR count). The Morgan fingerprint density at radius 3 is 0.983 bits per heavy atom. The number of carbonyl (C=O) groups excluding carboxylic acids is 4. The first kappa shape index (κ1) is 43.4. The van der Waals surface area contributed by atoms with Gasteiger partial charge < -0.3 is 40.2 Å². The van der Waals surface area contributed by atoms with Crippen LogP contribution in [-0.2, 0) is 40.8 Å². The maximum Gasteiger partial charge on any atom is 0.258 e. The molecule has 4 aromatic rings. The molecule has 0 saturated heterocycles. The van der Waals surface area contributed by atoms with Crippen molar-refractivity contribution in [2.24, 2.45) is 0 Å². The van der Waals surface area contributed by atoms with E-state index in [1.807, 2.05) is 27.7 Å². The maximum atomic E-state index is 14.1. The van der Waals surface area contributed by atoms with Crippen LogP contribution in [0.15, 0.2) is 92.4 Å². The van der Waals surface area contributed by atoms with Crippen molar-refractivity contribution >= 4 is 45.2 Å². The number of carbonyl (C=O) groups is 4. The van der Waals surface area contributed by atoms with Gasteiger partial charge in [0.2, 0.25) is 0 Å². The predicted molar refractivity (Wildman–Crippen MR) is 217 cm³/mol. The largest absolute Gasteiger partial charge is 0.482 e. The molecule has 1 aliphatic rings. The number of benzene rings is 4. The second-order valence-electron chi connectivity index (χ2n) is 14.0. The molecule has 2 atom stereocenters. The first-order chi connectivity index (χ1) is 27.7. The van der Waals surface area contributed by atoms with Crippen molar-refractivity contribution in [1.29, 1.82) is 0 Å². The van der Waals surface area contributed by atoms with Crippen molar-refractivity contribution in [2.75, 3.05) is 39.5 Å². The van der Waals surface area contributed by atoms with Gasteiger partial charge in [0.1, 0.15) is 23.0 Å². The third-order valence-corrected chi connectivity index (χ3v) is 11.5. The van der Waals surface area contributed by atoms with Gasteiger partial charge in [0.15, 0.2) is 26.4 Å². The average Bonchev–Trinajstić information content (AvgIpc) is 3.19. The van der Waals surface area contributed by atoms with Gasteiger partial charge in [-0.2, -0.15) is 0 Å². The van der Waals surface area contributed by atoms with Gasteiger partial charge >= 0.3 is 0 Å². The monoisotopic (exact) mass is 832 g/mol. The number of aryl methyl sites for hydroxylation is 4. The topological polar surface area (TPSA) is 187 Å². The second kappa shape index (κ2) is 20.1. The van der Waals surface area contributed by atoms with E-state index in [2.05, 4.69) is 21.3 Å². The Bertz CT molecular complexity index is 2080. The highest BCUT2D eigenvalue weighted by Crippen LogP contribution is 2.34. The van der Waals surface area contributed by atoms with Gasteiger partial charge in [-0.3, -0.25) is 19.2 Å². The number of rotatable bonds is 0. The van der Waals surface area contributed by atoms with Gasteiger partial charge in [-0.15, -0.1) is 0 Å². The molecule has 0 aliphatic carbocycles. The van der Waals surface area contributed by atoms with E-state index in [4.69, 9.17) is 18.9 Å². The molecule has 0 fully saturated rings. The molecule has 4 aromatic carbocycles. The molecular weight excluding hydrogens is 785 g/mol. The fourth-order valence-corrected chi connectivity index (χ4v) is 8.58. The summed E-state index contributed by atoms with van der Waals surface area (Å²) >= 11 is 0. The highest BCUT2D eigenvalue weighted by molar-refractivity contribution is 7.85. The lowest BCUT2D eigenvalue weighted by Gasteiger charge is -2.18. The molecule has 16 heteroatoms. The second-order valence-corrected chi connectivity index (χ2v) is 16.9. The fourth-order valence-electron chi connectivity index (χ4n) is 5.70. The first-order valence-electron chi connectivity index (χ1n) is 18.6. The normalized spacial score (nSPS) is 20.5. The zero-order chi connectivity index (χ0) is 41.9. The Morgan fingerprint density at radius 1 is 0.448 bits per heavy atom. The zero-order valence-corrected chi connectivity index (χ0v) is 34.9. The van der Waals surface area contributed by atoms with Gasteiger partial charge in [0.05, 0.1) is 41.2 Å². The van der Waals surface area contributed by atoms with Gasteiger partial charge in [0.25, 0.3) is 23.6 Å². The SMILES string of the molecule is Cc1ccc2c(c1)S(=O)c1cc(C)ccc1OCC(=O)NCC(C)NC(=O)COc1ccc(C)cc1S(=O)c1cc(C)ccc1OCC(=O)NC(C)CNC(=O)CO2. The van der Waals surface area contributed by atoms with Crippen LogP contribution in [0.25, 0.3) is 0 Å². The Labute approximate surface area is 342 Å². The quantitative estimate of drug-likeness (QED) is 0.204. The Balaban J connectivity index is 1.38. The Hall–Kier alpha value is -5.74. The van der Waals surface area contributed by atoms with Crippen LogP contribution in [0.2, 0.25) is 0 Å². The van der Waals surface area contributed by atoms with E-state index in [1.165, 1.54) is 0 Å². The number of hydrogen-bond acceptors (Lipinski definition) is 10. The summed E-state index contributed by atoms with van der Waals surface area (Å²) in [5, 5.41) is 11.0. The van der Waals surface area contributed by atoms with E-state index >= 15 is 0 Å². The number of hydrogen-bond donors (Lipinski definition) is 4. The number of fused-ring (bicyclic) bond motifs is 4. The summed E-state index contributed by atoms with van der Waals surface area (Å²) in [5.41, 5.74) is 3.22. The molecular formula is C42H48N4O10S2. The lowest BCUT2D eigenvalue weighted by atomic mass is 10.2. The van der Waals surface area contributed by atoms with Crippen molar-refractivity contribution < 1.29 is 46.5 Å². The zero-order valence-electron chi connectivity index (χ0n) is 33.2.